The fourth-order valence-electron chi connectivity index (χ4n) is 1.70. The number of aromatic nitrogens is 2. The van der Waals surface area contributed by atoms with Crippen LogP contribution in [0.2, 0.25) is 0 Å². The first-order valence-electron chi connectivity index (χ1n) is 6.44. The minimum absolute atomic E-state index is 0.621. The van der Waals surface area contributed by atoms with Crippen molar-refractivity contribution >= 4 is 0 Å². The van der Waals surface area contributed by atoms with Crippen molar-refractivity contribution in [1.82, 2.24) is 20.4 Å². The molecule has 19 heavy (non-hydrogen) atoms. The first kappa shape index (κ1) is 13.7. The second-order valence-electron chi connectivity index (χ2n) is 4.73. The Hall–Kier alpha value is -1.72. The summed E-state index contributed by atoms with van der Waals surface area (Å²) in [6, 6.07) is 10.1. The van der Waals surface area contributed by atoms with Crippen LogP contribution in [0.1, 0.15) is 17.3 Å². The molecule has 0 atom stereocenters. The van der Waals surface area contributed by atoms with Crippen LogP contribution in [-0.4, -0.2) is 42.3 Å². The summed E-state index contributed by atoms with van der Waals surface area (Å²) in [6.07, 6.45) is 0.686. The molecular weight excluding hydrogens is 240 g/mol. The van der Waals surface area contributed by atoms with Gasteiger partial charge in [0.15, 0.2) is 0 Å². The van der Waals surface area contributed by atoms with Crippen LogP contribution in [0.15, 0.2) is 34.7 Å². The molecule has 0 radical (unpaired) electrons. The van der Waals surface area contributed by atoms with Gasteiger partial charge in [0.2, 0.25) is 11.8 Å². The van der Waals surface area contributed by atoms with E-state index in [2.05, 4.69) is 32.5 Å². The minimum atomic E-state index is 0.621. The van der Waals surface area contributed by atoms with E-state index in [1.807, 2.05) is 32.3 Å². The molecular formula is C14H20N4O. The summed E-state index contributed by atoms with van der Waals surface area (Å²) in [5.41, 5.74) is 1.18. The fourth-order valence-corrected chi connectivity index (χ4v) is 1.70. The van der Waals surface area contributed by atoms with Crippen molar-refractivity contribution in [3.63, 3.8) is 0 Å². The van der Waals surface area contributed by atoms with Crippen LogP contribution in [0, 0.1) is 0 Å². The Kier molecular flexibility index (Phi) is 5.06. The Morgan fingerprint density at radius 1 is 1.11 bits per heavy atom. The van der Waals surface area contributed by atoms with E-state index in [-0.39, 0.29) is 0 Å². The summed E-state index contributed by atoms with van der Waals surface area (Å²) < 4.78 is 5.60. The van der Waals surface area contributed by atoms with Crippen molar-refractivity contribution in [2.75, 3.05) is 27.2 Å². The molecule has 0 spiro atoms. The summed E-state index contributed by atoms with van der Waals surface area (Å²) in [4.78, 5) is 2.13. The van der Waals surface area contributed by atoms with E-state index in [1.165, 1.54) is 5.56 Å². The van der Waals surface area contributed by atoms with Gasteiger partial charge in [-0.15, -0.1) is 10.2 Å². The largest absolute Gasteiger partial charge is 0.424 e. The van der Waals surface area contributed by atoms with E-state index in [0.29, 0.717) is 24.7 Å². The van der Waals surface area contributed by atoms with Gasteiger partial charge in [0.1, 0.15) is 0 Å². The molecule has 1 aromatic carbocycles. The number of rotatable bonds is 7. The summed E-state index contributed by atoms with van der Waals surface area (Å²) in [5.74, 6) is 1.31. The predicted octanol–water partition coefficient (Wildman–Crippen LogP) is 1.31. The second-order valence-corrected chi connectivity index (χ2v) is 4.73. The molecule has 1 aromatic heterocycles. The van der Waals surface area contributed by atoms with Crippen molar-refractivity contribution < 1.29 is 4.42 Å². The molecule has 0 saturated heterocycles. The molecule has 0 bridgehead atoms. The highest BCUT2D eigenvalue weighted by Crippen LogP contribution is 2.07. The molecule has 0 unspecified atom stereocenters. The monoisotopic (exact) mass is 260 g/mol. The average Bonchev–Trinajstić information content (AvgIpc) is 2.83. The smallest absolute Gasteiger partial charge is 0.230 e. The highest BCUT2D eigenvalue weighted by molar-refractivity contribution is 5.17. The molecule has 0 amide bonds. The topological polar surface area (TPSA) is 54.2 Å². The van der Waals surface area contributed by atoms with Gasteiger partial charge in [-0.05, 0) is 19.7 Å². The molecule has 0 fully saturated rings. The van der Waals surface area contributed by atoms with Crippen molar-refractivity contribution in [3.05, 3.63) is 47.7 Å². The second kappa shape index (κ2) is 7.01. The molecule has 2 aromatic rings. The van der Waals surface area contributed by atoms with Crippen molar-refractivity contribution in [2.24, 2.45) is 0 Å². The summed E-state index contributed by atoms with van der Waals surface area (Å²) >= 11 is 0. The van der Waals surface area contributed by atoms with E-state index in [9.17, 15) is 0 Å². The fraction of sp³-hybridized carbons (Fsp3) is 0.429. The van der Waals surface area contributed by atoms with Crippen LogP contribution in [0.3, 0.4) is 0 Å². The molecule has 0 aliphatic rings. The standard InChI is InChI=1S/C14H20N4O/c1-18(2)9-8-15-11-14-17-16-13(19-14)10-12-6-4-3-5-7-12/h3-7,15H,8-11H2,1-2H3. The van der Waals surface area contributed by atoms with E-state index in [1.54, 1.807) is 0 Å². The lowest BCUT2D eigenvalue weighted by Crippen LogP contribution is -2.26. The van der Waals surface area contributed by atoms with Crippen LogP contribution in [0.4, 0.5) is 0 Å². The maximum atomic E-state index is 5.60. The van der Waals surface area contributed by atoms with Crippen LogP contribution in [0.25, 0.3) is 0 Å². The van der Waals surface area contributed by atoms with E-state index >= 15 is 0 Å². The average molecular weight is 260 g/mol. The van der Waals surface area contributed by atoms with Gasteiger partial charge in [0, 0.05) is 13.1 Å². The third-order valence-corrected chi connectivity index (χ3v) is 2.72. The normalized spacial score (nSPS) is 11.1. The molecule has 0 aliphatic heterocycles. The van der Waals surface area contributed by atoms with Gasteiger partial charge in [-0.25, -0.2) is 0 Å². The lowest BCUT2D eigenvalue weighted by atomic mass is 10.2. The van der Waals surface area contributed by atoms with Gasteiger partial charge >= 0.3 is 0 Å². The third-order valence-electron chi connectivity index (χ3n) is 2.72. The first-order valence-corrected chi connectivity index (χ1v) is 6.44. The Morgan fingerprint density at radius 3 is 2.58 bits per heavy atom. The van der Waals surface area contributed by atoms with Crippen molar-refractivity contribution in [1.29, 1.82) is 0 Å². The number of hydrogen-bond donors (Lipinski definition) is 1. The predicted molar refractivity (Wildman–Crippen MR) is 73.8 cm³/mol. The quantitative estimate of drug-likeness (QED) is 0.761. The van der Waals surface area contributed by atoms with Gasteiger partial charge in [-0.1, -0.05) is 30.3 Å². The molecule has 0 aliphatic carbocycles. The van der Waals surface area contributed by atoms with Crippen LogP contribution < -0.4 is 5.32 Å². The lowest BCUT2D eigenvalue weighted by Gasteiger charge is -2.08. The number of hydrogen-bond acceptors (Lipinski definition) is 5. The van der Waals surface area contributed by atoms with Crippen LogP contribution in [0.5, 0.6) is 0 Å². The summed E-state index contributed by atoms with van der Waals surface area (Å²) in [7, 11) is 4.10. The third kappa shape index (κ3) is 4.81. The lowest BCUT2D eigenvalue weighted by molar-refractivity contribution is 0.385. The van der Waals surface area contributed by atoms with Crippen molar-refractivity contribution in [2.45, 2.75) is 13.0 Å². The zero-order chi connectivity index (χ0) is 13.5. The first-order chi connectivity index (χ1) is 9.24. The molecule has 0 saturated carbocycles. The van der Waals surface area contributed by atoms with Crippen LogP contribution in [-0.2, 0) is 13.0 Å². The SMILES string of the molecule is CN(C)CCNCc1nnc(Cc2ccccc2)o1. The van der Waals surface area contributed by atoms with Crippen LogP contribution >= 0.6 is 0 Å². The van der Waals surface area contributed by atoms with Gasteiger partial charge in [0.25, 0.3) is 0 Å². The molecule has 2 rings (SSSR count). The number of nitrogens with one attached hydrogen (secondary N) is 1. The number of nitrogens with zero attached hydrogens (tertiary/aromatic N) is 3. The Bertz CT molecular complexity index is 481. The summed E-state index contributed by atoms with van der Waals surface area (Å²) in [6.45, 7) is 2.52. The van der Waals surface area contributed by atoms with Gasteiger partial charge in [0.05, 0.1) is 13.0 Å². The van der Waals surface area contributed by atoms with Gasteiger partial charge in [-0.2, -0.15) is 0 Å². The zero-order valence-electron chi connectivity index (χ0n) is 11.5. The molecule has 1 N–H and O–H groups in total. The molecule has 1 heterocycles. The highest BCUT2D eigenvalue weighted by atomic mass is 16.4. The number of benzene rings is 1. The molecule has 5 nitrogen and oxygen atoms in total. The Morgan fingerprint density at radius 2 is 1.84 bits per heavy atom. The van der Waals surface area contributed by atoms with Gasteiger partial charge in [-0.3, -0.25) is 0 Å². The summed E-state index contributed by atoms with van der Waals surface area (Å²) in [5, 5.41) is 11.4. The van der Waals surface area contributed by atoms with E-state index in [4.69, 9.17) is 4.42 Å². The maximum Gasteiger partial charge on any atom is 0.230 e. The van der Waals surface area contributed by atoms with E-state index in [0.717, 1.165) is 13.1 Å². The van der Waals surface area contributed by atoms with E-state index < -0.39 is 0 Å². The van der Waals surface area contributed by atoms with Gasteiger partial charge < -0.3 is 14.6 Å². The minimum Gasteiger partial charge on any atom is -0.424 e. The maximum absolute atomic E-state index is 5.60. The number of likely N-dealkylation sites (N-methyl/N-ethyl adjacent to an activating group) is 1. The zero-order valence-corrected chi connectivity index (χ0v) is 11.5. The highest BCUT2D eigenvalue weighted by Gasteiger charge is 2.06. The molecule has 102 valence electrons. The molecule has 5 heteroatoms. The Labute approximate surface area is 113 Å². The Balaban J connectivity index is 1.79. The van der Waals surface area contributed by atoms with Crippen molar-refractivity contribution in [3.8, 4) is 0 Å².